The first-order chi connectivity index (χ1) is 9.58. The standard InChI is InChI=1S/C16H20FNO2/c1-3-12(4-2)9-10-16(20)18-11-15(19)13-7-5-6-8-14(13)17/h3,5-10,15,19H,4,11H2,1-2H3,(H,18,20). The summed E-state index contributed by atoms with van der Waals surface area (Å²) in [5.74, 6) is -0.792. The van der Waals surface area contributed by atoms with Crippen molar-refractivity contribution in [2.45, 2.75) is 26.4 Å². The van der Waals surface area contributed by atoms with Crippen LogP contribution >= 0.6 is 0 Å². The molecule has 20 heavy (non-hydrogen) atoms. The lowest BCUT2D eigenvalue weighted by molar-refractivity contribution is -0.117. The lowest BCUT2D eigenvalue weighted by Crippen LogP contribution is -2.27. The van der Waals surface area contributed by atoms with Gasteiger partial charge in [-0.2, -0.15) is 0 Å². The van der Waals surface area contributed by atoms with E-state index < -0.39 is 11.9 Å². The maximum Gasteiger partial charge on any atom is 0.244 e. The number of hydrogen-bond donors (Lipinski definition) is 2. The molecule has 0 fully saturated rings. The molecule has 0 spiro atoms. The molecule has 1 aromatic carbocycles. The Kier molecular flexibility index (Phi) is 6.67. The summed E-state index contributed by atoms with van der Waals surface area (Å²) in [6.07, 6.45) is 4.86. The molecule has 0 bridgehead atoms. The highest BCUT2D eigenvalue weighted by Crippen LogP contribution is 2.15. The minimum absolute atomic E-state index is 0.0264. The van der Waals surface area contributed by atoms with Crippen LogP contribution in [0.2, 0.25) is 0 Å². The Bertz CT molecular complexity index is 509. The summed E-state index contributed by atoms with van der Waals surface area (Å²) in [6, 6.07) is 5.97. The molecule has 1 amide bonds. The molecule has 1 aromatic rings. The number of aliphatic hydroxyl groups is 1. The van der Waals surface area contributed by atoms with E-state index in [1.165, 1.54) is 18.2 Å². The van der Waals surface area contributed by atoms with Crippen molar-refractivity contribution in [3.05, 3.63) is 59.4 Å². The Labute approximate surface area is 118 Å². The van der Waals surface area contributed by atoms with Gasteiger partial charge in [-0.1, -0.05) is 42.8 Å². The Morgan fingerprint density at radius 3 is 2.70 bits per heavy atom. The summed E-state index contributed by atoms with van der Waals surface area (Å²) in [5.41, 5.74) is 1.23. The zero-order valence-electron chi connectivity index (χ0n) is 11.8. The largest absolute Gasteiger partial charge is 0.386 e. The van der Waals surface area contributed by atoms with E-state index in [9.17, 15) is 14.3 Å². The van der Waals surface area contributed by atoms with Crippen molar-refractivity contribution in [3.8, 4) is 0 Å². The van der Waals surface area contributed by atoms with Gasteiger partial charge in [0.05, 0.1) is 6.10 Å². The fourth-order valence-electron chi connectivity index (χ4n) is 1.71. The first kappa shape index (κ1) is 16.1. The molecule has 4 heteroatoms. The molecular formula is C16H20FNO2. The molecule has 0 radical (unpaired) electrons. The van der Waals surface area contributed by atoms with Crippen LogP contribution in [0.25, 0.3) is 0 Å². The van der Waals surface area contributed by atoms with Gasteiger partial charge in [0.2, 0.25) is 5.91 Å². The van der Waals surface area contributed by atoms with Crippen molar-refractivity contribution in [3.63, 3.8) is 0 Å². The zero-order valence-corrected chi connectivity index (χ0v) is 11.8. The van der Waals surface area contributed by atoms with E-state index in [1.54, 1.807) is 18.2 Å². The first-order valence-electron chi connectivity index (χ1n) is 6.62. The van der Waals surface area contributed by atoms with Gasteiger partial charge in [-0.3, -0.25) is 4.79 Å². The normalized spacial score (nSPS) is 13.5. The third-order valence-corrected chi connectivity index (χ3v) is 2.96. The summed E-state index contributed by atoms with van der Waals surface area (Å²) in [4.78, 5) is 11.6. The fourth-order valence-corrected chi connectivity index (χ4v) is 1.71. The predicted octanol–water partition coefficient (Wildman–Crippen LogP) is 2.89. The Morgan fingerprint density at radius 1 is 1.40 bits per heavy atom. The van der Waals surface area contributed by atoms with Crippen LogP contribution in [-0.4, -0.2) is 17.6 Å². The molecule has 0 aromatic heterocycles. The van der Waals surface area contributed by atoms with E-state index >= 15 is 0 Å². The van der Waals surface area contributed by atoms with E-state index in [1.807, 2.05) is 19.9 Å². The monoisotopic (exact) mass is 277 g/mol. The molecule has 1 atom stereocenters. The molecule has 0 aliphatic carbocycles. The smallest absolute Gasteiger partial charge is 0.244 e. The fraction of sp³-hybridized carbons (Fsp3) is 0.312. The molecule has 0 saturated heterocycles. The van der Waals surface area contributed by atoms with E-state index in [0.717, 1.165) is 12.0 Å². The average Bonchev–Trinajstić information content (AvgIpc) is 2.46. The summed E-state index contributed by atoms with van der Waals surface area (Å²) in [6.45, 7) is 3.88. The van der Waals surface area contributed by atoms with Gasteiger partial charge in [-0.15, -0.1) is 0 Å². The molecule has 3 nitrogen and oxygen atoms in total. The highest BCUT2D eigenvalue weighted by Gasteiger charge is 2.12. The number of hydrogen-bond acceptors (Lipinski definition) is 2. The quantitative estimate of drug-likeness (QED) is 0.620. The van der Waals surface area contributed by atoms with Gasteiger partial charge in [-0.05, 0) is 19.4 Å². The maximum atomic E-state index is 13.4. The van der Waals surface area contributed by atoms with Gasteiger partial charge in [-0.25, -0.2) is 4.39 Å². The number of nitrogens with one attached hydrogen (secondary N) is 1. The van der Waals surface area contributed by atoms with Crippen LogP contribution in [-0.2, 0) is 4.79 Å². The third kappa shape index (κ3) is 4.97. The molecule has 1 unspecified atom stereocenters. The number of carbonyl (C=O) groups is 1. The van der Waals surface area contributed by atoms with Crippen LogP contribution in [0.3, 0.4) is 0 Å². The number of carbonyl (C=O) groups excluding carboxylic acids is 1. The van der Waals surface area contributed by atoms with Crippen LogP contribution < -0.4 is 5.32 Å². The molecule has 0 aliphatic rings. The Hall–Kier alpha value is -1.94. The summed E-state index contributed by atoms with van der Waals surface area (Å²) in [5, 5.41) is 12.4. The van der Waals surface area contributed by atoms with Crippen LogP contribution in [0.15, 0.2) is 48.1 Å². The topological polar surface area (TPSA) is 49.3 Å². The first-order valence-corrected chi connectivity index (χ1v) is 6.62. The van der Waals surface area contributed by atoms with Crippen molar-refractivity contribution in [2.24, 2.45) is 0 Å². The molecule has 0 aliphatic heterocycles. The average molecular weight is 277 g/mol. The second kappa shape index (κ2) is 8.27. The van der Waals surface area contributed by atoms with Gasteiger partial charge in [0.25, 0.3) is 0 Å². The molecule has 1 rings (SSSR count). The zero-order chi connectivity index (χ0) is 15.0. The van der Waals surface area contributed by atoms with Crippen molar-refractivity contribution in [1.29, 1.82) is 0 Å². The lowest BCUT2D eigenvalue weighted by atomic mass is 10.1. The third-order valence-electron chi connectivity index (χ3n) is 2.96. The van der Waals surface area contributed by atoms with E-state index in [2.05, 4.69) is 5.32 Å². The number of rotatable bonds is 6. The van der Waals surface area contributed by atoms with Crippen molar-refractivity contribution < 1.29 is 14.3 Å². The van der Waals surface area contributed by atoms with E-state index in [-0.39, 0.29) is 18.0 Å². The number of allylic oxidation sites excluding steroid dienone is 3. The molecule has 108 valence electrons. The molecular weight excluding hydrogens is 257 g/mol. The van der Waals surface area contributed by atoms with E-state index in [4.69, 9.17) is 0 Å². The molecule has 2 N–H and O–H groups in total. The second-order valence-electron chi connectivity index (χ2n) is 4.33. The summed E-state index contributed by atoms with van der Waals surface area (Å²) < 4.78 is 13.4. The number of aliphatic hydroxyl groups excluding tert-OH is 1. The van der Waals surface area contributed by atoms with Gasteiger partial charge in [0, 0.05) is 18.2 Å². The maximum absolute atomic E-state index is 13.4. The highest BCUT2D eigenvalue weighted by molar-refractivity contribution is 5.87. The lowest BCUT2D eigenvalue weighted by Gasteiger charge is -2.12. The van der Waals surface area contributed by atoms with Crippen LogP contribution in [0.4, 0.5) is 4.39 Å². The number of benzene rings is 1. The summed E-state index contributed by atoms with van der Waals surface area (Å²) >= 11 is 0. The van der Waals surface area contributed by atoms with Crippen molar-refractivity contribution in [1.82, 2.24) is 5.32 Å². The van der Waals surface area contributed by atoms with Crippen molar-refractivity contribution >= 4 is 5.91 Å². The molecule has 0 heterocycles. The Morgan fingerprint density at radius 2 is 2.10 bits per heavy atom. The van der Waals surface area contributed by atoms with Crippen molar-refractivity contribution in [2.75, 3.05) is 6.54 Å². The van der Waals surface area contributed by atoms with Crippen LogP contribution in [0, 0.1) is 5.82 Å². The number of halogens is 1. The van der Waals surface area contributed by atoms with Gasteiger partial charge in [0.1, 0.15) is 5.82 Å². The molecule has 0 saturated carbocycles. The van der Waals surface area contributed by atoms with E-state index in [0.29, 0.717) is 0 Å². The van der Waals surface area contributed by atoms with Crippen LogP contribution in [0.5, 0.6) is 0 Å². The van der Waals surface area contributed by atoms with Gasteiger partial charge < -0.3 is 10.4 Å². The van der Waals surface area contributed by atoms with Gasteiger partial charge >= 0.3 is 0 Å². The minimum Gasteiger partial charge on any atom is -0.386 e. The number of amides is 1. The Balaban J connectivity index is 2.51. The predicted molar refractivity (Wildman–Crippen MR) is 77.6 cm³/mol. The second-order valence-corrected chi connectivity index (χ2v) is 4.33. The van der Waals surface area contributed by atoms with Crippen LogP contribution in [0.1, 0.15) is 31.9 Å². The minimum atomic E-state index is -1.05. The van der Waals surface area contributed by atoms with Gasteiger partial charge in [0.15, 0.2) is 0 Å². The SMILES string of the molecule is CC=C(C=CC(=O)NCC(O)c1ccccc1F)CC. The summed E-state index contributed by atoms with van der Waals surface area (Å²) in [7, 11) is 0. The highest BCUT2D eigenvalue weighted by atomic mass is 19.1.